The average molecular weight is 470 g/mol. The van der Waals surface area contributed by atoms with Gasteiger partial charge >= 0.3 is 0 Å². The SMILES string of the molecule is CC(C)c1noc(C2CCN(c3nc4ccc(-c5ccc(S(=O)O)cc5)nc4s3)CC2)n1. The summed E-state index contributed by atoms with van der Waals surface area (Å²) in [4.78, 5) is 17.7. The lowest BCUT2D eigenvalue weighted by atomic mass is 9.97. The Kier molecular flexibility index (Phi) is 5.75. The lowest BCUT2D eigenvalue weighted by Crippen LogP contribution is -2.32. The minimum absolute atomic E-state index is 0.268. The predicted molar refractivity (Wildman–Crippen MR) is 124 cm³/mol. The lowest BCUT2D eigenvalue weighted by molar-refractivity contribution is 0.326. The van der Waals surface area contributed by atoms with E-state index >= 15 is 0 Å². The maximum Gasteiger partial charge on any atom is 0.229 e. The molecule has 4 heterocycles. The molecule has 0 spiro atoms. The van der Waals surface area contributed by atoms with Crippen LogP contribution in [0.2, 0.25) is 0 Å². The van der Waals surface area contributed by atoms with E-state index in [0.717, 1.165) is 64.4 Å². The summed E-state index contributed by atoms with van der Waals surface area (Å²) in [6.45, 7) is 5.90. The Hall–Kier alpha value is -2.69. The van der Waals surface area contributed by atoms with E-state index in [-0.39, 0.29) is 5.92 Å². The zero-order chi connectivity index (χ0) is 22.2. The van der Waals surface area contributed by atoms with Gasteiger partial charge in [0.05, 0.1) is 10.6 Å². The van der Waals surface area contributed by atoms with Crippen LogP contribution in [0.25, 0.3) is 21.6 Å². The second-order valence-electron chi connectivity index (χ2n) is 8.20. The van der Waals surface area contributed by atoms with E-state index in [0.29, 0.717) is 10.8 Å². The molecule has 0 amide bonds. The van der Waals surface area contributed by atoms with Crippen molar-refractivity contribution >= 4 is 37.9 Å². The van der Waals surface area contributed by atoms with Gasteiger partial charge in [-0.25, -0.2) is 14.2 Å². The second-order valence-corrected chi connectivity index (χ2v) is 10.1. The Morgan fingerprint density at radius 2 is 1.84 bits per heavy atom. The molecular weight excluding hydrogens is 446 g/mol. The van der Waals surface area contributed by atoms with Crippen LogP contribution in [-0.4, -0.2) is 42.0 Å². The van der Waals surface area contributed by atoms with Crippen LogP contribution in [0.15, 0.2) is 45.8 Å². The Bertz CT molecular complexity index is 1260. The number of rotatable bonds is 5. The topological polar surface area (TPSA) is 105 Å². The van der Waals surface area contributed by atoms with Crippen molar-refractivity contribution in [2.75, 3.05) is 18.0 Å². The van der Waals surface area contributed by atoms with Crippen molar-refractivity contribution in [1.29, 1.82) is 0 Å². The fourth-order valence-corrected chi connectivity index (χ4v) is 5.17. The van der Waals surface area contributed by atoms with Gasteiger partial charge in [-0.05, 0) is 37.1 Å². The van der Waals surface area contributed by atoms with Crippen molar-refractivity contribution < 1.29 is 13.3 Å². The van der Waals surface area contributed by atoms with Gasteiger partial charge in [0.15, 0.2) is 22.0 Å². The molecule has 1 saturated heterocycles. The van der Waals surface area contributed by atoms with Gasteiger partial charge in [-0.15, -0.1) is 0 Å². The Morgan fingerprint density at radius 1 is 1.09 bits per heavy atom. The maximum atomic E-state index is 11.2. The molecule has 5 rings (SSSR count). The van der Waals surface area contributed by atoms with Gasteiger partial charge in [0.1, 0.15) is 10.3 Å². The maximum absolute atomic E-state index is 11.2. The highest BCUT2D eigenvalue weighted by atomic mass is 32.2. The van der Waals surface area contributed by atoms with E-state index < -0.39 is 11.1 Å². The molecule has 1 unspecified atom stereocenters. The van der Waals surface area contributed by atoms with Crippen LogP contribution in [0.1, 0.15) is 50.2 Å². The molecule has 32 heavy (non-hydrogen) atoms. The van der Waals surface area contributed by atoms with Crippen LogP contribution in [0, 0.1) is 0 Å². The summed E-state index contributed by atoms with van der Waals surface area (Å²) < 4.78 is 25.9. The number of hydrogen-bond donors (Lipinski definition) is 1. The summed E-state index contributed by atoms with van der Waals surface area (Å²) in [6, 6.07) is 10.8. The molecular formula is C22H23N5O3S2. The number of hydrogen-bond acceptors (Lipinski definition) is 8. The number of thiazole rings is 1. The molecule has 10 heteroatoms. The van der Waals surface area contributed by atoms with E-state index in [1.54, 1.807) is 23.5 Å². The number of benzene rings is 1. The van der Waals surface area contributed by atoms with Crippen LogP contribution in [0.5, 0.6) is 0 Å². The van der Waals surface area contributed by atoms with Crippen molar-refractivity contribution in [2.24, 2.45) is 0 Å². The first kappa shape index (κ1) is 21.2. The van der Waals surface area contributed by atoms with E-state index in [1.165, 1.54) is 0 Å². The van der Waals surface area contributed by atoms with Crippen molar-refractivity contribution in [1.82, 2.24) is 20.1 Å². The molecule has 0 radical (unpaired) electrons. The zero-order valence-electron chi connectivity index (χ0n) is 17.8. The fraction of sp³-hybridized carbons (Fsp3) is 0.364. The van der Waals surface area contributed by atoms with Gasteiger partial charge in [0.2, 0.25) is 5.89 Å². The third-order valence-corrected chi connectivity index (χ3v) is 7.39. The summed E-state index contributed by atoms with van der Waals surface area (Å²) in [5, 5.41) is 5.07. The molecule has 1 aliphatic heterocycles. The van der Waals surface area contributed by atoms with Crippen LogP contribution in [0.3, 0.4) is 0 Å². The molecule has 0 bridgehead atoms. The van der Waals surface area contributed by atoms with Crippen molar-refractivity contribution in [2.45, 2.75) is 43.4 Å². The van der Waals surface area contributed by atoms with Crippen molar-refractivity contribution in [3.8, 4) is 11.3 Å². The van der Waals surface area contributed by atoms with E-state index in [1.807, 2.05) is 24.3 Å². The highest BCUT2D eigenvalue weighted by Gasteiger charge is 2.27. The standard InChI is InChI=1S/C22H23N5O3S2/c1-13(2)19-25-20(30-26-19)15-9-11-27(12-10-15)22-24-18-8-7-17(23-21(18)31-22)14-3-5-16(6-4-14)32(28)29/h3-8,13,15H,9-12H2,1-2H3,(H,28,29). The fourth-order valence-electron chi connectivity index (χ4n) is 3.81. The number of anilines is 1. The molecule has 1 fully saturated rings. The third-order valence-electron chi connectivity index (χ3n) is 5.68. The molecule has 0 saturated carbocycles. The van der Waals surface area contributed by atoms with Crippen molar-refractivity contribution in [3.63, 3.8) is 0 Å². The Labute approximate surface area is 192 Å². The lowest BCUT2D eigenvalue weighted by Gasteiger charge is -2.29. The number of aromatic nitrogens is 4. The first-order valence-corrected chi connectivity index (χ1v) is 12.5. The van der Waals surface area contributed by atoms with Gasteiger partial charge in [-0.2, -0.15) is 4.98 Å². The molecule has 0 aliphatic carbocycles. The zero-order valence-corrected chi connectivity index (χ0v) is 19.4. The minimum Gasteiger partial charge on any atom is -0.348 e. The second kappa shape index (κ2) is 8.68. The smallest absolute Gasteiger partial charge is 0.229 e. The highest BCUT2D eigenvalue weighted by Crippen LogP contribution is 2.34. The van der Waals surface area contributed by atoms with Crippen LogP contribution in [0.4, 0.5) is 5.13 Å². The van der Waals surface area contributed by atoms with Gasteiger partial charge in [-0.3, -0.25) is 0 Å². The van der Waals surface area contributed by atoms with E-state index in [4.69, 9.17) is 14.5 Å². The van der Waals surface area contributed by atoms with Crippen LogP contribution < -0.4 is 4.90 Å². The molecule has 4 aromatic rings. The molecule has 1 N–H and O–H groups in total. The first-order valence-electron chi connectivity index (χ1n) is 10.6. The summed E-state index contributed by atoms with van der Waals surface area (Å²) in [5.74, 6) is 2.08. The quantitative estimate of drug-likeness (QED) is 0.414. The Balaban J connectivity index is 1.30. The van der Waals surface area contributed by atoms with Crippen molar-refractivity contribution in [3.05, 3.63) is 48.1 Å². The Morgan fingerprint density at radius 3 is 2.50 bits per heavy atom. The number of fused-ring (bicyclic) bond motifs is 1. The molecule has 1 aromatic carbocycles. The summed E-state index contributed by atoms with van der Waals surface area (Å²) in [7, 11) is 0. The summed E-state index contributed by atoms with van der Waals surface area (Å²) in [5.41, 5.74) is 2.60. The summed E-state index contributed by atoms with van der Waals surface area (Å²) in [6.07, 6.45) is 1.90. The van der Waals surface area contributed by atoms with E-state index in [2.05, 4.69) is 28.9 Å². The molecule has 166 valence electrons. The monoisotopic (exact) mass is 469 g/mol. The predicted octanol–water partition coefficient (Wildman–Crippen LogP) is 4.83. The summed E-state index contributed by atoms with van der Waals surface area (Å²) >= 11 is -0.389. The van der Waals surface area contributed by atoms with Gasteiger partial charge in [0, 0.05) is 30.5 Å². The molecule has 8 nitrogen and oxygen atoms in total. The van der Waals surface area contributed by atoms with Crippen LogP contribution >= 0.6 is 11.3 Å². The molecule has 1 aliphatic rings. The number of piperidine rings is 1. The first-order chi connectivity index (χ1) is 15.5. The van der Waals surface area contributed by atoms with Gasteiger partial charge < -0.3 is 14.0 Å². The average Bonchev–Trinajstić information content (AvgIpc) is 3.46. The normalized spacial score (nSPS) is 16.2. The molecule has 1 atom stereocenters. The van der Waals surface area contributed by atoms with E-state index in [9.17, 15) is 8.76 Å². The third kappa shape index (κ3) is 4.17. The van der Waals surface area contributed by atoms with Gasteiger partial charge in [0.25, 0.3) is 0 Å². The van der Waals surface area contributed by atoms with Crippen LogP contribution in [-0.2, 0) is 11.1 Å². The van der Waals surface area contributed by atoms with Gasteiger partial charge in [-0.1, -0.05) is 42.5 Å². The number of pyridine rings is 1. The number of nitrogens with zero attached hydrogens (tertiary/aromatic N) is 5. The highest BCUT2D eigenvalue weighted by molar-refractivity contribution is 7.79. The minimum atomic E-state index is -1.98. The largest absolute Gasteiger partial charge is 0.348 e. The molecule has 3 aromatic heterocycles.